The van der Waals surface area contributed by atoms with Gasteiger partial charge < -0.3 is 31.7 Å². The van der Waals surface area contributed by atoms with Crippen molar-refractivity contribution in [1.82, 2.24) is 25.7 Å². The number of fused-ring (bicyclic) bond motifs is 1. The molecule has 230 valence electrons. The number of phosphoric acid groups is 1. The first-order valence-corrected chi connectivity index (χ1v) is 15.9. The highest BCUT2D eigenvalue weighted by Gasteiger charge is 2.45. The minimum atomic E-state index is -4.33. The zero-order chi connectivity index (χ0) is 28.1. The SMILES string of the molecule is CCCCCCCCCCCCCCCCOP(=O)(O)OC[C@H]1O[C@@H](n2cnc3c(N)ncnc32)[C@H](O)[C@@H]1O.N. The molecule has 0 bridgehead atoms. The van der Waals surface area contributed by atoms with E-state index in [1.54, 1.807) is 0 Å². The number of nitrogens with two attached hydrogens (primary N) is 1. The predicted octanol–water partition coefficient (Wildman–Crippen LogP) is 4.80. The Balaban J connectivity index is 0.00000560. The lowest BCUT2D eigenvalue weighted by Crippen LogP contribution is -2.33. The predicted molar refractivity (Wildman–Crippen MR) is 153 cm³/mol. The van der Waals surface area contributed by atoms with Crippen LogP contribution >= 0.6 is 7.82 Å². The molecule has 8 N–H and O–H groups in total. The van der Waals surface area contributed by atoms with Gasteiger partial charge in [-0.2, -0.15) is 0 Å². The highest BCUT2D eigenvalue weighted by molar-refractivity contribution is 7.47. The fourth-order valence-electron chi connectivity index (χ4n) is 4.83. The number of phosphoric ester groups is 1. The van der Waals surface area contributed by atoms with Crippen LogP contribution in [0.15, 0.2) is 12.7 Å². The molecular formula is C26H49N6O7P. The van der Waals surface area contributed by atoms with Crippen LogP contribution in [0.1, 0.15) is 103 Å². The van der Waals surface area contributed by atoms with E-state index in [4.69, 9.17) is 19.5 Å². The molecule has 0 amide bonds. The molecule has 40 heavy (non-hydrogen) atoms. The van der Waals surface area contributed by atoms with Gasteiger partial charge in [0.25, 0.3) is 0 Å². The average molecular weight is 589 g/mol. The van der Waals surface area contributed by atoms with Crippen molar-refractivity contribution in [2.75, 3.05) is 18.9 Å². The Hall–Kier alpha value is -1.70. The summed E-state index contributed by atoms with van der Waals surface area (Å²) in [5.41, 5.74) is 6.45. The van der Waals surface area contributed by atoms with Gasteiger partial charge in [-0.05, 0) is 6.42 Å². The minimum Gasteiger partial charge on any atom is -0.387 e. The Morgan fingerprint density at radius 3 is 2.08 bits per heavy atom. The summed E-state index contributed by atoms with van der Waals surface area (Å²) < 4.78 is 29.5. The summed E-state index contributed by atoms with van der Waals surface area (Å²) in [5.74, 6) is 0.170. The Kier molecular flexibility index (Phi) is 15.5. The highest BCUT2D eigenvalue weighted by Crippen LogP contribution is 2.44. The molecule has 0 spiro atoms. The van der Waals surface area contributed by atoms with E-state index in [2.05, 4.69) is 21.9 Å². The van der Waals surface area contributed by atoms with Crippen LogP contribution < -0.4 is 11.9 Å². The third kappa shape index (κ3) is 10.6. The number of nitrogen functional groups attached to an aromatic ring is 1. The summed E-state index contributed by atoms with van der Waals surface area (Å²) in [5, 5.41) is 20.9. The van der Waals surface area contributed by atoms with Crippen LogP contribution in [-0.4, -0.2) is 66.2 Å². The second kappa shape index (κ2) is 18.0. The van der Waals surface area contributed by atoms with Gasteiger partial charge in [-0.15, -0.1) is 0 Å². The second-order valence-electron chi connectivity index (χ2n) is 10.3. The van der Waals surface area contributed by atoms with Crippen LogP contribution in [0.25, 0.3) is 11.2 Å². The normalized spacial score (nSPS) is 22.4. The summed E-state index contributed by atoms with van der Waals surface area (Å²) in [6.07, 6.45) is 14.9. The first kappa shape index (κ1) is 34.5. The maximum Gasteiger partial charge on any atom is 0.472 e. The van der Waals surface area contributed by atoms with Crippen LogP contribution in [0.2, 0.25) is 0 Å². The van der Waals surface area contributed by atoms with Gasteiger partial charge in [-0.3, -0.25) is 13.6 Å². The fourth-order valence-corrected chi connectivity index (χ4v) is 5.60. The van der Waals surface area contributed by atoms with Gasteiger partial charge in [0, 0.05) is 0 Å². The molecule has 2 aromatic rings. The first-order chi connectivity index (χ1) is 18.8. The Morgan fingerprint density at radius 1 is 0.900 bits per heavy atom. The number of rotatable bonds is 20. The lowest BCUT2D eigenvalue weighted by molar-refractivity contribution is -0.0514. The van der Waals surface area contributed by atoms with Crippen LogP contribution in [0.4, 0.5) is 5.82 Å². The van der Waals surface area contributed by atoms with Crippen molar-refractivity contribution in [3.8, 4) is 0 Å². The van der Waals surface area contributed by atoms with Crippen LogP contribution in [0.3, 0.4) is 0 Å². The van der Waals surface area contributed by atoms with Crippen LogP contribution in [-0.2, 0) is 18.3 Å². The zero-order valence-electron chi connectivity index (χ0n) is 23.8. The second-order valence-corrected chi connectivity index (χ2v) is 11.8. The molecule has 0 saturated carbocycles. The van der Waals surface area contributed by atoms with Gasteiger partial charge in [-0.1, -0.05) is 90.4 Å². The molecule has 0 aromatic carbocycles. The van der Waals surface area contributed by atoms with E-state index in [0.29, 0.717) is 17.6 Å². The van der Waals surface area contributed by atoms with Gasteiger partial charge in [0.2, 0.25) is 0 Å². The Morgan fingerprint density at radius 2 is 1.48 bits per heavy atom. The van der Waals surface area contributed by atoms with Gasteiger partial charge in [0.1, 0.15) is 30.2 Å². The summed E-state index contributed by atoms with van der Waals surface area (Å²) in [7, 11) is -4.33. The molecule has 1 saturated heterocycles. The molecule has 1 unspecified atom stereocenters. The third-order valence-corrected chi connectivity index (χ3v) is 8.14. The molecule has 5 atom stereocenters. The molecule has 13 nitrogen and oxygen atoms in total. The highest BCUT2D eigenvalue weighted by atomic mass is 31.2. The minimum absolute atomic E-state index is 0. The number of nitrogens with zero attached hydrogens (tertiary/aromatic N) is 4. The molecule has 1 aliphatic rings. The van der Waals surface area contributed by atoms with Crippen molar-refractivity contribution in [3.63, 3.8) is 0 Å². The van der Waals surface area contributed by atoms with Crippen molar-refractivity contribution in [1.29, 1.82) is 0 Å². The number of aromatic nitrogens is 4. The molecule has 1 aliphatic heterocycles. The van der Waals surface area contributed by atoms with E-state index in [9.17, 15) is 19.7 Å². The number of anilines is 1. The Labute approximate surface area is 237 Å². The van der Waals surface area contributed by atoms with Crippen molar-refractivity contribution in [3.05, 3.63) is 12.7 Å². The lowest BCUT2D eigenvalue weighted by atomic mass is 10.0. The van der Waals surface area contributed by atoms with Gasteiger partial charge >= 0.3 is 7.82 Å². The zero-order valence-corrected chi connectivity index (χ0v) is 24.7. The number of ether oxygens (including phenoxy) is 1. The monoisotopic (exact) mass is 588 g/mol. The summed E-state index contributed by atoms with van der Waals surface area (Å²) in [4.78, 5) is 22.1. The lowest BCUT2D eigenvalue weighted by Gasteiger charge is -2.17. The number of hydrogen-bond donors (Lipinski definition) is 5. The van der Waals surface area contributed by atoms with E-state index in [1.807, 2.05) is 0 Å². The van der Waals surface area contributed by atoms with Crippen molar-refractivity contribution in [2.45, 2.75) is 121 Å². The Bertz CT molecular complexity index is 1030. The van der Waals surface area contributed by atoms with Gasteiger partial charge in [0.15, 0.2) is 17.7 Å². The smallest absolute Gasteiger partial charge is 0.387 e. The molecule has 3 rings (SSSR count). The largest absolute Gasteiger partial charge is 0.472 e. The molecule has 0 aliphatic carbocycles. The fraction of sp³-hybridized carbons (Fsp3) is 0.808. The molecule has 0 radical (unpaired) electrons. The summed E-state index contributed by atoms with van der Waals surface area (Å²) in [6.45, 7) is 1.91. The topological polar surface area (TPSA) is 210 Å². The average Bonchev–Trinajstić information content (AvgIpc) is 3.47. The van der Waals surface area contributed by atoms with Crippen molar-refractivity contribution in [2.24, 2.45) is 0 Å². The molecule has 1 fully saturated rings. The summed E-state index contributed by atoms with van der Waals surface area (Å²) >= 11 is 0. The van der Waals surface area contributed by atoms with Crippen LogP contribution in [0.5, 0.6) is 0 Å². The van der Waals surface area contributed by atoms with E-state index in [0.717, 1.165) is 19.3 Å². The maximum absolute atomic E-state index is 12.3. The molecular weight excluding hydrogens is 539 g/mol. The van der Waals surface area contributed by atoms with E-state index in [-0.39, 0.29) is 18.6 Å². The van der Waals surface area contributed by atoms with E-state index < -0.39 is 39.0 Å². The quantitative estimate of drug-likeness (QED) is 0.104. The van der Waals surface area contributed by atoms with Crippen molar-refractivity contribution < 1.29 is 33.5 Å². The molecule has 2 aromatic heterocycles. The number of aliphatic hydroxyl groups excluding tert-OH is 2. The van der Waals surface area contributed by atoms with Gasteiger partial charge in [-0.25, -0.2) is 19.5 Å². The van der Waals surface area contributed by atoms with Crippen LogP contribution in [0, 0.1) is 0 Å². The first-order valence-electron chi connectivity index (χ1n) is 14.4. The standard InChI is InChI=1S/C26H46N5O7P.H3N/c1-2-3-4-5-6-7-8-9-10-11-12-13-14-15-16-36-39(34,35)37-17-20-22(32)23(33)26(38-20)31-19-30-21-24(27)28-18-29-25(21)31;/h18-20,22-23,26,32-33H,2-17H2,1H3,(H,34,35)(H2,27,28,29);1H3/t20-,22-,23-,26-;/m1./s1. The maximum atomic E-state index is 12.3. The third-order valence-electron chi connectivity index (χ3n) is 7.15. The summed E-state index contributed by atoms with van der Waals surface area (Å²) in [6, 6.07) is 0. The number of imidazole rings is 1. The number of unbranched alkanes of at least 4 members (excludes halogenated alkanes) is 13. The van der Waals surface area contributed by atoms with E-state index in [1.165, 1.54) is 81.4 Å². The van der Waals surface area contributed by atoms with Gasteiger partial charge in [0.05, 0.1) is 19.5 Å². The number of hydrogen-bond acceptors (Lipinski definition) is 11. The van der Waals surface area contributed by atoms with Crippen molar-refractivity contribution >= 4 is 24.8 Å². The molecule has 14 heteroatoms. The number of aliphatic hydroxyl groups is 2. The molecule has 3 heterocycles. The van der Waals surface area contributed by atoms with E-state index >= 15 is 0 Å².